The van der Waals surface area contributed by atoms with Crippen LogP contribution < -0.4 is 5.73 Å². The van der Waals surface area contributed by atoms with Crippen LogP contribution in [0, 0.1) is 0 Å². The first kappa shape index (κ1) is 14.8. The van der Waals surface area contributed by atoms with Gasteiger partial charge in [0.05, 0.1) is 17.4 Å². The van der Waals surface area contributed by atoms with Gasteiger partial charge in [0.1, 0.15) is 0 Å². The highest BCUT2D eigenvalue weighted by Crippen LogP contribution is 2.22. The van der Waals surface area contributed by atoms with Gasteiger partial charge in [0.15, 0.2) is 0 Å². The largest absolute Gasteiger partial charge is 0.340 e. The number of piperidine rings is 1. The number of carbonyl (C=O) groups excluding carboxylic acids is 1. The number of thiophene rings is 1. The van der Waals surface area contributed by atoms with Crippen molar-refractivity contribution >= 4 is 28.8 Å². The number of rotatable bonds is 4. The Morgan fingerprint density at radius 1 is 1.53 bits per heavy atom. The Balaban J connectivity index is 1.79. The molecule has 1 aromatic rings. The molecule has 0 saturated carbocycles. The highest BCUT2D eigenvalue weighted by Gasteiger charge is 2.20. The van der Waals surface area contributed by atoms with Crippen molar-refractivity contribution < 1.29 is 4.79 Å². The smallest absolute Gasteiger partial charge is 0.236 e. The standard InChI is InChI=1S/C13H20ClN3OS/c1-16(8-11-2-3-12(14)19-11)13(18)9-17-6-4-10(15)5-7-17/h2-3,10H,4-9,15H2,1H3. The van der Waals surface area contributed by atoms with Crippen molar-refractivity contribution in [3.8, 4) is 0 Å². The van der Waals surface area contributed by atoms with E-state index in [2.05, 4.69) is 4.90 Å². The summed E-state index contributed by atoms with van der Waals surface area (Å²) in [7, 11) is 1.84. The van der Waals surface area contributed by atoms with E-state index in [9.17, 15) is 4.79 Å². The highest BCUT2D eigenvalue weighted by atomic mass is 35.5. The predicted octanol–water partition coefficient (Wildman–Crippen LogP) is 1.78. The zero-order valence-electron chi connectivity index (χ0n) is 11.1. The van der Waals surface area contributed by atoms with Crippen LogP contribution >= 0.6 is 22.9 Å². The second-order valence-electron chi connectivity index (χ2n) is 5.07. The van der Waals surface area contributed by atoms with Crippen molar-refractivity contribution in [3.05, 3.63) is 21.3 Å². The van der Waals surface area contributed by atoms with Crippen molar-refractivity contribution in [1.82, 2.24) is 9.80 Å². The predicted molar refractivity (Wildman–Crippen MR) is 79.5 cm³/mol. The van der Waals surface area contributed by atoms with E-state index >= 15 is 0 Å². The molecule has 0 aliphatic carbocycles. The third-order valence-corrected chi connectivity index (χ3v) is 4.65. The average Bonchev–Trinajstić information content (AvgIpc) is 2.77. The van der Waals surface area contributed by atoms with Crippen LogP contribution in [0.5, 0.6) is 0 Å². The molecule has 0 bridgehead atoms. The number of hydrogen-bond donors (Lipinski definition) is 1. The lowest BCUT2D eigenvalue weighted by Crippen LogP contribution is -2.44. The van der Waals surface area contributed by atoms with Gasteiger partial charge >= 0.3 is 0 Å². The first-order chi connectivity index (χ1) is 9.04. The number of likely N-dealkylation sites (N-methyl/N-ethyl adjacent to an activating group) is 1. The lowest BCUT2D eigenvalue weighted by molar-refractivity contribution is -0.131. The molecule has 1 amide bonds. The number of nitrogens with zero attached hydrogens (tertiary/aromatic N) is 2. The summed E-state index contributed by atoms with van der Waals surface area (Å²) >= 11 is 7.41. The number of nitrogens with two attached hydrogens (primary N) is 1. The number of halogens is 1. The lowest BCUT2D eigenvalue weighted by atomic mass is 10.1. The van der Waals surface area contributed by atoms with Crippen molar-refractivity contribution in [2.24, 2.45) is 5.73 Å². The van der Waals surface area contributed by atoms with Crippen LogP contribution in [0.3, 0.4) is 0 Å². The maximum Gasteiger partial charge on any atom is 0.236 e. The third-order valence-electron chi connectivity index (χ3n) is 3.44. The lowest BCUT2D eigenvalue weighted by Gasteiger charge is -2.30. The molecule has 2 rings (SSSR count). The first-order valence-electron chi connectivity index (χ1n) is 6.50. The van der Waals surface area contributed by atoms with E-state index in [1.54, 1.807) is 4.90 Å². The quantitative estimate of drug-likeness (QED) is 0.922. The summed E-state index contributed by atoms with van der Waals surface area (Å²) in [6.45, 7) is 2.96. The molecule has 1 aliphatic rings. The van der Waals surface area contributed by atoms with E-state index in [0.717, 1.165) is 35.1 Å². The topological polar surface area (TPSA) is 49.6 Å². The van der Waals surface area contributed by atoms with Crippen LogP contribution in [0.25, 0.3) is 0 Å². The molecule has 106 valence electrons. The van der Waals surface area contributed by atoms with Gasteiger partial charge in [0.25, 0.3) is 0 Å². The second kappa shape index (κ2) is 6.70. The monoisotopic (exact) mass is 301 g/mol. The second-order valence-corrected chi connectivity index (χ2v) is 6.87. The van der Waals surface area contributed by atoms with Gasteiger partial charge in [0, 0.05) is 31.1 Å². The van der Waals surface area contributed by atoms with E-state index in [-0.39, 0.29) is 5.91 Å². The van der Waals surface area contributed by atoms with E-state index in [0.29, 0.717) is 19.1 Å². The van der Waals surface area contributed by atoms with Crippen LogP contribution in [-0.4, -0.2) is 48.4 Å². The van der Waals surface area contributed by atoms with Crippen LogP contribution in [0.15, 0.2) is 12.1 Å². The third kappa shape index (κ3) is 4.45. The molecule has 2 heterocycles. The Kier molecular flexibility index (Phi) is 5.21. The van der Waals surface area contributed by atoms with Crippen molar-refractivity contribution in [2.75, 3.05) is 26.7 Å². The molecular formula is C13H20ClN3OS. The van der Waals surface area contributed by atoms with Gasteiger partial charge in [0.2, 0.25) is 5.91 Å². The molecule has 0 atom stereocenters. The van der Waals surface area contributed by atoms with Crippen LogP contribution in [-0.2, 0) is 11.3 Å². The molecule has 6 heteroatoms. The Morgan fingerprint density at radius 2 is 2.21 bits per heavy atom. The molecule has 0 radical (unpaired) electrons. The summed E-state index contributed by atoms with van der Waals surface area (Å²) in [5.41, 5.74) is 5.86. The van der Waals surface area contributed by atoms with Crippen LogP contribution in [0.2, 0.25) is 4.34 Å². The Morgan fingerprint density at radius 3 is 2.79 bits per heavy atom. The SMILES string of the molecule is CN(Cc1ccc(Cl)s1)C(=O)CN1CCC(N)CC1. The molecule has 2 N–H and O–H groups in total. The highest BCUT2D eigenvalue weighted by molar-refractivity contribution is 7.16. The van der Waals surface area contributed by atoms with Gasteiger partial charge in [-0.05, 0) is 25.0 Å². The van der Waals surface area contributed by atoms with Gasteiger partial charge in [-0.15, -0.1) is 11.3 Å². The molecular weight excluding hydrogens is 282 g/mol. The fourth-order valence-corrected chi connectivity index (χ4v) is 3.32. The minimum atomic E-state index is 0.153. The zero-order valence-corrected chi connectivity index (χ0v) is 12.7. The Hall–Kier alpha value is -0.620. The number of carbonyl (C=O) groups is 1. The normalized spacial score (nSPS) is 17.6. The minimum absolute atomic E-state index is 0.153. The molecule has 1 fully saturated rings. The Labute approximate surface area is 123 Å². The average molecular weight is 302 g/mol. The van der Waals surface area contributed by atoms with Gasteiger partial charge in [-0.25, -0.2) is 0 Å². The fourth-order valence-electron chi connectivity index (χ4n) is 2.18. The van der Waals surface area contributed by atoms with Gasteiger partial charge in [-0.3, -0.25) is 9.69 Å². The van der Waals surface area contributed by atoms with Crippen LogP contribution in [0.4, 0.5) is 0 Å². The fraction of sp³-hybridized carbons (Fsp3) is 0.615. The Bertz CT molecular complexity index is 429. The summed E-state index contributed by atoms with van der Waals surface area (Å²) in [6.07, 6.45) is 1.97. The van der Waals surface area contributed by atoms with Crippen molar-refractivity contribution in [1.29, 1.82) is 0 Å². The molecule has 1 saturated heterocycles. The minimum Gasteiger partial charge on any atom is -0.340 e. The maximum atomic E-state index is 12.1. The molecule has 0 unspecified atom stereocenters. The van der Waals surface area contributed by atoms with Gasteiger partial charge in [-0.2, -0.15) is 0 Å². The van der Waals surface area contributed by atoms with Gasteiger partial charge in [-0.1, -0.05) is 11.6 Å². The van der Waals surface area contributed by atoms with E-state index < -0.39 is 0 Å². The molecule has 1 aliphatic heterocycles. The van der Waals surface area contributed by atoms with E-state index in [1.807, 2.05) is 19.2 Å². The first-order valence-corrected chi connectivity index (χ1v) is 7.70. The maximum absolute atomic E-state index is 12.1. The van der Waals surface area contributed by atoms with Crippen LogP contribution in [0.1, 0.15) is 17.7 Å². The molecule has 4 nitrogen and oxygen atoms in total. The van der Waals surface area contributed by atoms with Gasteiger partial charge < -0.3 is 10.6 Å². The summed E-state index contributed by atoms with van der Waals surface area (Å²) < 4.78 is 0.765. The summed E-state index contributed by atoms with van der Waals surface area (Å²) in [6, 6.07) is 4.14. The summed E-state index contributed by atoms with van der Waals surface area (Å²) in [5, 5.41) is 0. The molecule has 19 heavy (non-hydrogen) atoms. The zero-order chi connectivity index (χ0) is 13.8. The number of hydrogen-bond acceptors (Lipinski definition) is 4. The van der Waals surface area contributed by atoms with Crippen molar-refractivity contribution in [2.45, 2.75) is 25.4 Å². The number of likely N-dealkylation sites (tertiary alicyclic amines) is 1. The number of amides is 1. The molecule has 1 aromatic heterocycles. The van der Waals surface area contributed by atoms with E-state index in [4.69, 9.17) is 17.3 Å². The molecule has 0 spiro atoms. The summed E-state index contributed by atoms with van der Waals surface area (Å²) in [5.74, 6) is 0.153. The van der Waals surface area contributed by atoms with E-state index in [1.165, 1.54) is 11.3 Å². The van der Waals surface area contributed by atoms with Crippen molar-refractivity contribution in [3.63, 3.8) is 0 Å². The molecule has 0 aromatic carbocycles. The summed E-state index contributed by atoms with van der Waals surface area (Å²) in [4.78, 5) is 17.2.